The average Bonchev–Trinajstić information content (AvgIpc) is 3.03. The molecule has 5 N–H and O–H groups in total. The van der Waals surface area contributed by atoms with Gasteiger partial charge in [0.2, 0.25) is 0 Å². The topological polar surface area (TPSA) is 199 Å². The van der Waals surface area contributed by atoms with Crippen molar-refractivity contribution >= 4 is 74.9 Å². The third-order valence-electron chi connectivity index (χ3n) is 8.30. The fourth-order valence-corrected chi connectivity index (χ4v) is 8.35. The van der Waals surface area contributed by atoms with Gasteiger partial charge in [-0.2, -0.15) is 16.8 Å². The molecule has 1 aromatic heterocycles. The van der Waals surface area contributed by atoms with Gasteiger partial charge in [0.1, 0.15) is 9.79 Å². The van der Waals surface area contributed by atoms with E-state index in [-0.39, 0.29) is 11.3 Å². The molecule has 0 amide bonds. The second kappa shape index (κ2) is 13.4. The molecule has 4 aromatic carbocycles. The van der Waals surface area contributed by atoms with Gasteiger partial charge in [0, 0.05) is 48.7 Å². The Kier molecular flexibility index (Phi) is 9.82. The molecule has 260 valence electrons. The van der Waals surface area contributed by atoms with Gasteiger partial charge in [-0.05, 0) is 82.3 Å². The van der Waals surface area contributed by atoms with E-state index in [2.05, 4.69) is 14.5 Å². The molecule has 1 heterocycles. The van der Waals surface area contributed by atoms with Gasteiger partial charge in [0.15, 0.2) is 0 Å². The molecule has 0 saturated carbocycles. The fourth-order valence-electron chi connectivity index (χ4n) is 5.88. The van der Waals surface area contributed by atoms with Gasteiger partial charge < -0.3 is 15.5 Å². The van der Waals surface area contributed by atoms with Crippen LogP contribution in [0.5, 0.6) is 0 Å². The number of anilines is 4. The average molecular weight is 730 g/mol. The van der Waals surface area contributed by atoms with Crippen molar-refractivity contribution in [2.24, 2.45) is 0 Å². The van der Waals surface area contributed by atoms with Crippen molar-refractivity contribution in [2.75, 3.05) is 46.4 Å². The van der Waals surface area contributed by atoms with Crippen LogP contribution in [0.3, 0.4) is 0 Å². The van der Waals surface area contributed by atoms with Crippen molar-refractivity contribution in [1.82, 2.24) is 0 Å². The van der Waals surface area contributed by atoms with Crippen LogP contribution in [0, 0.1) is 0 Å². The van der Waals surface area contributed by atoms with Gasteiger partial charge in [0.25, 0.3) is 30.3 Å². The number of sulfonamides is 1. The minimum absolute atomic E-state index is 0.0418. The maximum atomic E-state index is 13.4. The van der Waals surface area contributed by atoms with Gasteiger partial charge in [-0.15, -0.1) is 0 Å². The number of fused-ring (bicyclic) bond motifs is 2. The van der Waals surface area contributed by atoms with Gasteiger partial charge in [0.05, 0.1) is 39.2 Å². The summed E-state index contributed by atoms with van der Waals surface area (Å²) in [5.74, 6) is 0. The fraction of sp³-hybridized carbons (Fsp3) is 0.242. The summed E-state index contributed by atoms with van der Waals surface area (Å²) in [6.07, 6.45) is 0. The number of hydrogen-bond donors (Lipinski definition) is 4. The van der Waals surface area contributed by atoms with E-state index in [4.69, 9.17) is 10.2 Å². The van der Waals surface area contributed by atoms with Crippen LogP contribution in [-0.2, 0) is 30.3 Å². The zero-order chi connectivity index (χ0) is 35.9. The first-order chi connectivity index (χ1) is 23.0. The number of hydrogen-bond acceptors (Lipinski definition) is 9. The summed E-state index contributed by atoms with van der Waals surface area (Å²) in [5.41, 5.74) is 8.26. The quantitative estimate of drug-likeness (QED) is 0.0499. The zero-order valence-corrected chi connectivity index (χ0v) is 29.7. The molecular weight excluding hydrogens is 693 g/mol. The van der Waals surface area contributed by atoms with Crippen molar-refractivity contribution < 1.29 is 38.8 Å². The number of nitrogens with zero attached hydrogens (tertiary/aromatic N) is 2. The molecule has 0 aliphatic carbocycles. The van der Waals surface area contributed by atoms with E-state index in [1.807, 2.05) is 52.0 Å². The zero-order valence-electron chi connectivity index (χ0n) is 27.2. The normalized spacial score (nSPS) is 12.4. The molecule has 13 nitrogen and oxygen atoms in total. The summed E-state index contributed by atoms with van der Waals surface area (Å²) in [4.78, 5) is 2.47. The van der Waals surface area contributed by atoms with Crippen LogP contribution in [-0.4, -0.2) is 60.5 Å². The lowest BCUT2D eigenvalue weighted by atomic mass is 9.96. The summed E-state index contributed by atoms with van der Waals surface area (Å²) >= 11 is 0. The van der Waals surface area contributed by atoms with E-state index in [9.17, 15) is 34.4 Å². The van der Waals surface area contributed by atoms with Crippen molar-refractivity contribution in [1.29, 1.82) is 0 Å². The van der Waals surface area contributed by atoms with Crippen LogP contribution in [0.15, 0.2) is 91.9 Å². The second-order valence-corrected chi connectivity index (χ2v) is 15.6. The molecule has 0 spiro atoms. The highest BCUT2D eigenvalue weighted by Gasteiger charge is 2.29. The first kappa shape index (κ1) is 35.8. The molecule has 0 saturated heterocycles. The summed E-state index contributed by atoms with van der Waals surface area (Å²) in [6, 6.07) is 17.4. The standard InChI is InChI=1S/C33H36N4O9S3/c1-5-36(6-2)22-10-13-25-29(18-22)46-30-19-23(37(7-3)8-4)11-14-26(30)33(25)27-15-12-24(20-32(27)49(43,44)45)47(38,39)35-21-9-16-31(28(34)17-21)48(40,41)42/h9-20,35H,5-8,34H2,1-4H3,(H-,40,41,42,43,44,45)/p+1. The Labute approximate surface area is 285 Å². The van der Waals surface area contributed by atoms with Crippen LogP contribution in [0.2, 0.25) is 0 Å². The SMILES string of the molecule is CCN(CC)c1ccc2c(-c3ccc(S(=O)(=O)Nc4ccc(S(=O)(=O)O)c(N)c4)cc3S(=O)(=O)O)c3ccc(N(CC)CC)cc3[o+]c2c1. The lowest BCUT2D eigenvalue weighted by molar-refractivity contribution is 0.481. The largest absolute Gasteiger partial charge is 0.398 e. The van der Waals surface area contributed by atoms with Gasteiger partial charge >= 0.3 is 11.2 Å². The van der Waals surface area contributed by atoms with Gasteiger partial charge in [-0.3, -0.25) is 13.8 Å². The third kappa shape index (κ3) is 7.14. The summed E-state index contributed by atoms with van der Waals surface area (Å²) in [6.45, 7) is 11.1. The van der Waals surface area contributed by atoms with Crippen LogP contribution in [0.4, 0.5) is 22.7 Å². The van der Waals surface area contributed by atoms with Crippen molar-refractivity contribution in [3.8, 4) is 11.1 Å². The smallest absolute Gasteiger partial charge is 0.363 e. The first-order valence-electron chi connectivity index (χ1n) is 15.4. The Morgan fingerprint density at radius 1 is 0.653 bits per heavy atom. The maximum Gasteiger partial charge on any atom is 0.363 e. The molecular formula is C33H37N4O9S3+. The first-order valence-corrected chi connectivity index (χ1v) is 19.7. The van der Waals surface area contributed by atoms with Crippen LogP contribution >= 0.6 is 0 Å². The molecule has 0 bridgehead atoms. The van der Waals surface area contributed by atoms with E-state index in [0.717, 1.165) is 61.8 Å². The Morgan fingerprint density at radius 3 is 1.61 bits per heavy atom. The van der Waals surface area contributed by atoms with Gasteiger partial charge in [-0.1, -0.05) is 6.07 Å². The molecule has 0 unspecified atom stereocenters. The highest BCUT2D eigenvalue weighted by atomic mass is 32.2. The van der Waals surface area contributed by atoms with E-state index >= 15 is 0 Å². The molecule has 0 atom stereocenters. The molecule has 5 aromatic rings. The number of nitrogens with one attached hydrogen (secondary N) is 1. The summed E-state index contributed by atoms with van der Waals surface area (Å²) in [5, 5.41) is 1.07. The van der Waals surface area contributed by atoms with Crippen LogP contribution < -0.4 is 20.3 Å². The number of benzene rings is 4. The van der Waals surface area contributed by atoms with E-state index in [0.29, 0.717) is 27.5 Å². The van der Waals surface area contributed by atoms with Crippen molar-refractivity contribution in [3.05, 3.63) is 72.8 Å². The molecule has 5 rings (SSSR count). The number of nitrogen functional groups attached to an aromatic ring is 1. The van der Waals surface area contributed by atoms with Crippen molar-refractivity contribution in [3.63, 3.8) is 0 Å². The Balaban J connectivity index is 1.74. The Morgan fingerprint density at radius 2 is 1.16 bits per heavy atom. The second-order valence-electron chi connectivity index (χ2n) is 11.1. The highest BCUT2D eigenvalue weighted by Crippen LogP contribution is 2.42. The highest BCUT2D eigenvalue weighted by molar-refractivity contribution is 7.92. The minimum atomic E-state index is -5.02. The molecule has 0 aliphatic heterocycles. The van der Waals surface area contributed by atoms with Crippen molar-refractivity contribution in [2.45, 2.75) is 42.4 Å². The summed E-state index contributed by atoms with van der Waals surface area (Å²) < 4.78 is 104. The van der Waals surface area contributed by atoms with E-state index in [1.54, 1.807) is 12.1 Å². The number of nitrogens with two attached hydrogens (primary N) is 1. The maximum absolute atomic E-state index is 13.4. The molecule has 49 heavy (non-hydrogen) atoms. The predicted octanol–water partition coefficient (Wildman–Crippen LogP) is 6.10. The Bertz CT molecular complexity index is 2340. The third-order valence-corrected chi connectivity index (χ3v) is 11.5. The molecule has 0 fully saturated rings. The van der Waals surface area contributed by atoms with E-state index < -0.39 is 50.6 Å². The Hall–Kier alpha value is -4.48. The molecule has 0 aliphatic rings. The van der Waals surface area contributed by atoms with Gasteiger partial charge in [-0.25, -0.2) is 12.8 Å². The lowest BCUT2D eigenvalue weighted by Crippen LogP contribution is -2.21. The van der Waals surface area contributed by atoms with Crippen LogP contribution in [0.25, 0.3) is 33.1 Å². The summed E-state index contributed by atoms with van der Waals surface area (Å²) in [7, 11) is -14.2. The van der Waals surface area contributed by atoms with E-state index in [1.165, 1.54) is 12.1 Å². The monoisotopic (exact) mass is 729 g/mol. The minimum Gasteiger partial charge on any atom is -0.398 e. The van der Waals surface area contributed by atoms with Crippen LogP contribution in [0.1, 0.15) is 27.7 Å². The lowest BCUT2D eigenvalue weighted by Gasteiger charge is -2.21. The number of rotatable bonds is 12. The molecule has 16 heteroatoms. The molecule has 0 radical (unpaired) electrons. The predicted molar refractivity (Wildman–Crippen MR) is 192 cm³/mol.